The van der Waals surface area contributed by atoms with Crippen LogP contribution in [-0.4, -0.2) is 22.1 Å². The van der Waals surface area contributed by atoms with E-state index in [0.29, 0.717) is 12.2 Å². The summed E-state index contributed by atoms with van der Waals surface area (Å²) in [5.41, 5.74) is 0.977. The molecule has 0 aliphatic carbocycles. The highest BCUT2D eigenvalue weighted by Gasteiger charge is 2.07. The lowest BCUT2D eigenvalue weighted by Gasteiger charge is -2.10. The van der Waals surface area contributed by atoms with Crippen LogP contribution in [0.4, 0.5) is 4.39 Å². The normalized spacial score (nSPS) is 12.3. The van der Waals surface area contributed by atoms with Gasteiger partial charge >= 0.3 is 0 Å². The second kappa shape index (κ2) is 6.59. The lowest BCUT2D eigenvalue weighted by atomic mass is 10.1. The summed E-state index contributed by atoms with van der Waals surface area (Å²) < 4.78 is 12.7. The number of aromatic hydroxyl groups is 1. The predicted molar refractivity (Wildman–Crippen MR) is 74.9 cm³/mol. The Morgan fingerprint density at radius 2 is 1.63 bits per heavy atom. The van der Waals surface area contributed by atoms with Crippen LogP contribution in [0.25, 0.3) is 0 Å². The van der Waals surface area contributed by atoms with E-state index in [1.54, 1.807) is 36.4 Å². The zero-order valence-electron chi connectivity index (χ0n) is 10.3. The van der Waals surface area contributed by atoms with Crippen LogP contribution in [0, 0.1) is 5.82 Å². The Morgan fingerprint density at radius 1 is 1.00 bits per heavy atom. The van der Waals surface area contributed by atoms with E-state index < -0.39 is 6.10 Å². The molecule has 100 valence electrons. The molecule has 0 aliphatic heterocycles. The number of halogens is 1. The highest BCUT2D eigenvalue weighted by Crippen LogP contribution is 2.20. The topological polar surface area (TPSA) is 40.5 Å². The number of benzene rings is 2. The second-order valence-corrected chi connectivity index (χ2v) is 5.38. The second-order valence-electron chi connectivity index (χ2n) is 4.29. The van der Waals surface area contributed by atoms with Crippen LogP contribution >= 0.6 is 11.8 Å². The van der Waals surface area contributed by atoms with E-state index in [2.05, 4.69) is 0 Å². The van der Waals surface area contributed by atoms with Gasteiger partial charge in [0.15, 0.2) is 0 Å². The maximum Gasteiger partial charge on any atom is 0.123 e. The van der Waals surface area contributed by atoms with Gasteiger partial charge in [0.05, 0.1) is 6.10 Å². The fourth-order valence-corrected chi connectivity index (χ4v) is 2.52. The van der Waals surface area contributed by atoms with E-state index in [1.165, 1.54) is 23.9 Å². The molecule has 0 radical (unpaired) electrons. The number of aliphatic hydroxyl groups excluding tert-OH is 1. The minimum Gasteiger partial charge on any atom is -0.508 e. The van der Waals surface area contributed by atoms with Crippen LogP contribution in [0.1, 0.15) is 5.56 Å². The van der Waals surface area contributed by atoms with E-state index in [0.717, 1.165) is 10.5 Å². The third-order valence-corrected chi connectivity index (χ3v) is 3.82. The van der Waals surface area contributed by atoms with Crippen molar-refractivity contribution >= 4 is 11.8 Å². The van der Waals surface area contributed by atoms with Crippen molar-refractivity contribution in [3.05, 3.63) is 59.9 Å². The van der Waals surface area contributed by atoms with Crippen molar-refractivity contribution in [3.8, 4) is 5.75 Å². The number of phenols is 1. The molecular formula is C15H15FO2S. The fraction of sp³-hybridized carbons (Fsp3) is 0.200. The molecule has 0 saturated carbocycles. The van der Waals surface area contributed by atoms with Crippen LogP contribution in [0.3, 0.4) is 0 Å². The highest BCUT2D eigenvalue weighted by atomic mass is 32.2. The summed E-state index contributed by atoms with van der Waals surface area (Å²) in [5.74, 6) is 0.514. The van der Waals surface area contributed by atoms with Crippen molar-refractivity contribution in [3.63, 3.8) is 0 Å². The van der Waals surface area contributed by atoms with Gasteiger partial charge in [-0.15, -0.1) is 11.8 Å². The Bertz CT molecular complexity index is 511. The van der Waals surface area contributed by atoms with Crippen molar-refractivity contribution in [1.82, 2.24) is 0 Å². The minimum atomic E-state index is -0.473. The molecule has 19 heavy (non-hydrogen) atoms. The monoisotopic (exact) mass is 278 g/mol. The van der Waals surface area contributed by atoms with Gasteiger partial charge in [0.2, 0.25) is 0 Å². The first-order chi connectivity index (χ1) is 9.13. The summed E-state index contributed by atoms with van der Waals surface area (Å²) in [6, 6.07) is 13.0. The summed E-state index contributed by atoms with van der Waals surface area (Å²) in [6.45, 7) is 0. The quantitative estimate of drug-likeness (QED) is 0.825. The van der Waals surface area contributed by atoms with Crippen LogP contribution in [-0.2, 0) is 6.42 Å². The van der Waals surface area contributed by atoms with Crippen molar-refractivity contribution in [2.45, 2.75) is 17.4 Å². The summed E-state index contributed by atoms with van der Waals surface area (Å²) in [4.78, 5) is 0.936. The minimum absolute atomic E-state index is 0.221. The van der Waals surface area contributed by atoms with Gasteiger partial charge in [-0.1, -0.05) is 12.1 Å². The molecule has 1 unspecified atom stereocenters. The largest absolute Gasteiger partial charge is 0.508 e. The molecule has 2 N–H and O–H groups in total. The molecule has 0 spiro atoms. The van der Waals surface area contributed by atoms with Gasteiger partial charge in [-0.2, -0.15) is 0 Å². The standard InChI is InChI=1S/C15H15FO2S/c16-12-3-7-15(8-4-12)19-10-14(18)9-11-1-5-13(17)6-2-11/h1-8,14,17-18H,9-10H2. The number of rotatable bonds is 5. The number of hydrogen-bond acceptors (Lipinski definition) is 3. The van der Waals surface area contributed by atoms with Crippen molar-refractivity contribution < 1.29 is 14.6 Å². The van der Waals surface area contributed by atoms with Gasteiger partial charge in [-0.25, -0.2) is 4.39 Å². The van der Waals surface area contributed by atoms with E-state index in [9.17, 15) is 9.50 Å². The average molecular weight is 278 g/mol. The Kier molecular flexibility index (Phi) is 4.82. The summed E-state index contributed by atoms with van der Waals surface area (Å²) in [6.07, 6.45) is 0.0636. The molecule has 2 aromatic rings. The zero-order chi connectivity index (χ0) is 13.7. The summed E-state index contributed by atoms with van der Waals surface area (Å²) in [7, 11) is 0. The lowest BCUT2D eigenvalue weighted by Crippen LogP contribution is -2.13. The van der Waals surface area contributed by atoms with E-state index in [4.69, 9.17) is 5.11 Å². The Hall–Kier alpha value is -1.52. The predicted octanol–water partition coefficient (Wildman–Crippen LogP) is 3.23. The van der Waals surface area contributed by atoms with Crippen molar-refractivity contribution in [1.29, 1.82) is 0 Å². The molecule has 0 bridgehead atoms. The Balaban J connectivity index is 1.82. The molecule has 0 aromatic heterocycles. The molecule has 2 rings (SSSR count). The third-order valence-electron chi connectivity index (χ3n) is 2.66. The molecule has 4 heteroatoms. The van der Waals surface area contributed by atoms with Crippen LogP contribution in [0.5, 0.6) is 5.75 Å². The maximum absolute atomic E-state index is 12.7. The average Bonchev–Trinajstić information content (AvgIpc) is 2.41. The molecule has 0 amide bonds. The Labute approximate surface area is 115 Å². The fourth-order valence-electron chi connectivity index (χ4n) is 1.69. The van der Waals surface area contributed by atoms with Crippen LogP contribution in [0.15, 0.2) is 53.4 Å². The van der Waals surface area contributed by atoms with Gasteiger partial charge in [0.25, 0.3) is 0 Å². The molecule has 2 nitrogen and oxygen atoms in total. The van der Waals surface area contributed by atoms with Gasteiger partial charge in [-0.05, 0) is 48.4 Å². The van der Waals surface area contributed by atoms with Gasteiger partial charge in [0.1, 0.15) is 11.6 Å². The van der Waals surface area contributed by atoms with Gasteiger partial charge in [-0.3, -0.25) is 0 Å². The highest BCUT2D eigenvalue weighted by molar-refractivity contribution is 7.99. The molecule has 1 atom stereocenters. The molecular weight excluding hydrogens is 263 g/mol. The van der Waals surface area contributed by atoms with E-state index in [-0.39, 0.29) is 11.6 Å². The van der Waals surface area contributed by atoms with Gasteiger partial charge in [0, 0.05) is 10.6 Å². The Morgan fingerprint density at radius 3 is 2.26 bits per heavy atom. The number of aliphatic hydroxyl groups is 1. The number of hydrogen-bond donors (Lipinski definition) is 2. The molecule has 0 heterocycles. The SMILES string of the molecule is Oc1ccc(CC(O)CSc2ccc(F)cc2)cc1. The summed E-state index contributed by atoms with van der Waals surface area (Å²) in [5, 5.41) is 19.1. The van der Waals surface area contributed by atoms with Gasteiger partial charge < -0.3 is 10.2 Å². The third kappa shape index (κ3) is 4.58. The van der Waals surface area contributed by atoms with Crippen LogP contribution < -0.4 is 0 Å². The van der Waals surface area contributed by atoms with Crippen molar-refractivity contribution in [2.24, 2.45) is 0 Å². The molecule has 0 aliphatic rings. The first-order valence-corrected chi connectivity index (χ1v) is 6.96. The zero-order valence-corrected chi connectivity index (χ0v) is 11.1. The number of phenolic OH excluding ortho intramolecular Hbond substituents is 1. The first kappa shape index (κ1) is 13.9. The molecule has 2 aromatic carbocycles. The maximum atomic E-state index is 12.7. The van der Waals surface area contributed by atoms with E-state index in [1.807, 2.05) is 0 Å². The van der Waals surface area contributed by atoms with E-state index >= 15 is 0 Å². The smallest absolute Gasteiger partial charge is 0.123 e. The summed E-state index contributed by atoms with van der Waals surface area (Å²) >= 11 is 1.49. The lowest BCUT2D eigenvalue weighted by molar-refractivity contribution is 0.200. The van der Waals surface area contributed by atoms with Crippen molar-refractivity contribution in [2.75, 3.05) is 5.75 Å². The molecule has 0 fully saturated rings. The number of thioether (sulfide) groups is 1. The van der Waals surface area contributed by atoms with Crippen LogP contribution in [0.2, 0.25) is 0 Å². The molecule has 0 saturated heterocycles. The first-order valence-electron chi connectivity index (χ1n) is 5.98.